The fourth-order valence-corrected chi connectivity index (χ4v) is 3.94. The van der Waals surface area contributed by atoms with Crippen molar-refractivity contribution in [3.63, 3.8) is 0 Å². The second-order valence-corrected chi connectivity index (χ2v) is 7.15. The van der Waals surface area contributed by atoms with E-state index in [1.807, 2.05) is 42.1 Å². The van der Waals surface area contributed by atoms with Gasteiger partial charge in [-0.2, -0.15) is 0 Å². The lowest BCUT2D eigenvalue weighted by Crippen LogP contribution is -2.03. The summed E-state index contributed by atoms with van der Waals surface area (Å²) >= 11 is 1.40. The molecule has 0 aliphatic carbocycles. The van der Waals surface area contributed by atoms with Crippen LogP contribution in [0.5, 0.6) is 0 Å². The second kappa shape index (κ2) is 7.36. The predicted molar refractivity (Wildman–Crippen MR) is 107 cm³/mol. The lowest BCUT2D eigenvalue weighted by Gasteiger charge is -2.04. The van der Waals surface area contributed by atoms with Crippen molar-refractivity contribution in [1.29, 1.82) is 0 Å². The number of nitrogens with zero attached hydrogens (tertiary/aromatic N) is 4. The molecule has 0 aliphatic heterocycles. The largest absolute Gasteiger partial charge is 0.360 e. The Morgan fingerprint density at radius 2 is 2.00 bits per heavy atom. The van der Waals surface area contributed by atoms with E-state index in [4.69, 9.17) is 0 Å². The summed E-state index contributed by atoms with van der Waals surface area (Å²) in [5.41, 5.74) is 3.94. The first-order chi connectivity index (χ1) is 13.2. The fourth-order valence-electron chi connectivity index (χ4n) is 3.14. The lowest BCUT2D eigenvalue weighted by atomic mass is 10.1. The van der Waals surface area contributed by atoms with Crippen molar-refractivity contribution in [1.82, 2.24) is 24.7 Å². The molecule has 0 amide bonds. The maximum Gasteiger partial charge on any atom is 0.191 e. The molecule has 1 N–H and O–H groups in total. The van der Waals surface area contributed by atoms with Crippen molar-refractivity contribution in [2.75, 3.05) is 5.75 Å². The topological polar surface area (TPSA) is 76.5 Å². The molecule has 4 rings (SSSR count). The Morgan fingerprint density at radius 1 is 1.19 bits per heavy atom. The van der Waals surface area contributed by atoms with Crippen molar-refractivity contribution in [3.8, 4) is 11.4 Å². The third-order valence-corrected chi connectivity index (χ3v) is 5.61. The van der Waals surface area contributed by atoms with Crippen LogP contribution >= 0.6 is 11.8 Å². The molecule has 1 aromatic carbocycles. The number of hydrogen-bond acceptors (Lipinski definition) is 5. The number of pyridine rings is 1. The second-order valence-electron chi connectivity index (χ2n) is 6.21. The number of aromatic nitrogens is 5. The normalized spacial score (nSPS) is 11.2. The van der Waals surface area contributed by atoms with Gasteiger partial charge >= 0.3 is 0 Å². The summed E-state index contributed by atoms with van der Waals surface area (Å²) in [6.07, 6.45) is 6.19. The minimum absolute atomic E-state index is 0.0768. The highest BCUT2D eigenvalue weighted by atomic mass is 32.2. The number of aromatic amines is 1. The van der Waals surface area contributed by atoms with Crippen LogP contribution in [0, 0.1) is 0 Å². The molecule has 0 spiro atoms. The first kappa shape index (κ1) is 17.5. The molecule has 0 fully saturated rings. The quantitative estimate of drug-likeness (QED) is 0.407. The Bertz CT molecular complexity index is 1100. The summed E-state index contributed by atoms with van der Waals surface area (Å²) in [6.45, 7) is 2.11. The molecule has 0 unspecified atom stereocenters. The monoisotopic (exact) mass is 377 g/mol. The Kier molecular flexibility index (Phi) is 4.77. The van der Waals surface area contributed by atoms with Gasteiger partial charge in [-0.1, -0.05) is 36.9 Å². The number of hydrogen-bond donors (Lipinski definition) is 1. The van der Waals surface area contributed by atoms with E-state index in [9.17, 15) is 4.79 Å². The molecule has 0 atom stereocenters. The molecule has 3 heterocycles. The average Bonchev–Trinajstić information content (AvgIpc) is 3.30. The van der Waals surface area contributed by atoms with Crippen molar-refractivity contribution >= 4 is 28.4 Å². The van der Waals surface area contributed by atoms with E-state index < -0.39 is 0 Å². The molecule has 0 saturated carbocycles. The van der Waals surface area contributed by atoms with E-state index in [0.717, 1.165) is 34.3 Å². The van der Waals surface area contributed by atoms with Gasteiger partial charge in [-0.15, -0.1) is 10.2 Å². The number of carbonyl (C=O) groups is 1. The summed E-state index contributed by atoms with van der Waals surface area (Å²) in [4.78, 5) is 20.1. The van der Waals surface area contributed by atoms with Gasteiger partial charge in [0.25, 0.3) is 0 Å². The molecule has 7 heteroatoms. The number of carbonyl (C=O) groups excluding carboxylic acids is 1. The van der Waals surface area contributed by atoms with Crippen LogP contribution in [-0.4, -0.2) is 36.3 Å². The molecule has 0 saturated heterocycles. The third kappa shape index (κ3) is 3.26. The number of ketones is 1. The molecule has 4 aromatic rings. The van der Waals surface area contributed by atoms with Crippen LogP contribution in [0.2, 0.25) is 0 Å². The number of H-pyrrole nitrogens is 1. The molecular formula is C20H19N5OS. The summed E-state index contributed by atoms with van der Waals surface area (Å²) in [5, 5.41) is 10.2. The highest BCUT2D eigenvalue weighted by Crippen LogP contribution is 2.26. The van der Waals surface area contributed by atoms with Gasteiger partial charge in [-0.25, -0.2) is 0 Å². The standard InChI is InChI=1S/C20H19N5OS/c1-3-13-5-4-6-15-16(11-22-18(13)15)17(26)12-27-20-24-23-19(25(20)2)14-7-9-21-10-8-14/h4-11,22H,3,12H2,1-2H3. The first-order valence-electron chi connectivity index (χ1n) is 8.73. The van der Waals surface area contributed by atoms with Gasteiger partial charge in [0, 0.05) is 47.7 Å². The van der Waals surface area contributed by atoms with Gasteiger partial charge in [0.05, 0.1) is 5.75 Å². The van der Waals surface area contributed by atoms with E-state index in [-0.39, 0.29) is 5.78 Å². The summed E-state index contributed by atoms with van der Waals surface area (Å²) in [5.74, 6) is 1.14. The maximum atomic E-state index is 12.8. The van der Waals surface area contributed by atoms with Crippen LogP contribution < -0.4 is 0 Å². The highest BCUT2D eigenvalue weighted by molar-refractivity contribution is 7.99. The lowest BCUT2D eigenvalue weighted by molar-refractivity contribution is 0.102. The van der Waals surface area contributed by atoms with Crippen molar-refractivity contribution in [2.45, 2.75) is 18.5 Å². The Balaban J connectivity index is 1.53. The van der Waals surface area contributed by atoms with Gasteiger partial charge in [-0.05, 0) is 24.1 Å². The van der Waals surface area contributed by atoms with E-state index in [2.05, 4.69) is 33.2 Å². The van der Waals surface area contributed by atoms with Crippen LogP contribution in [0.3, 0.4) is 0 Å². The Labute approximate surface area is 161 Å². The number of rotatable bonds is 6. The molecule has 0 bridgehead atoms. The van der Waals surface area contributed by atoms with E-state index in [1.54, 1.807) is 12.4 Å². The maximum absolute atomic E-state index is 12.8. The molecule has 6 nitrogen and oxygen atoms in total. The Hall–Kier alpha value is -2.93. The van der Waals surface area contributed by atoms with Gasteiger partial charge in [-0.3, -0.25) is 9.78 Å². The van der Waals surface area contributed by atoms with Crippen LogP contribution in [-0.2, 0) is 13.5 Å². The summed E-state index contributed by atoms with van der Waals surface area (Å²) in [7, 11) is 1.90. The summed E-state index contributed by atoms with van der Waals surface area (Å²) < 4.78 is 1.90. The van der Waals surface area contributed by atoms with Crippen LogP contribution in [0.25, 0.3) is 22.3 Å². The van der Waals surface area contributed by atoms with E-state index in [1.165, 1.54) is 17.3 Å². The molecule has 0 radical (unpaired) electrons. The van der Waals surface area contributed by atoms with Crippen LogP contribution in [0.1, 0.15) is 22.8 Å². The predicted octanol–water partition coefficient (Wildman–Crippen LogP) is 3.90. The smallest absolute Gasteiger partial charge is 0.191 e. The molecule has 0 aliphatic rings. The number of benzene rings is 1. The van der Waals surface area contributed by atoms with Gasteiger partial charge in [0.15, 0.2) is 16.8 Å². The fraction of sp³-hybridized carbons (Fsp3) is 0.200. The number of fused-ring (bicyclic) bond motifs is 1. The van der Waals surface area contributed by atoms with Crippen LogP contribution in [0.4, 0.5) is 0 Å². The Morgan fingerprint density at radius 3 is 2.78 bits per heavy atom. The number of para-hydroxylation sites is 1. The van der Waals surface area contributed by atoms with Crippen LogP contribution in [0.15, 0.2) is 54.1 Å². The molecule has 27 heavy (non-hydrogen) atoms. The number of thioether (sulfide) groups is 1. The molecule has 136 valence electrons. The number of Topliss-reactive ketones (excluding diaryl/α,β-unsaturated/α-hetero) is 1. The zero-order valence-electron chi connectivity index (χ0n) is 15.1. The third-order valence-electron chi connectivity index (χ3n) is 4.59. The van der Waals surface area contributed by atoms with Gasteiger partial charge < -0.3 is 9.55 Å². The van der Waals surface area contributed by atoms with Gasteiger partial charge in [0.2, 0.25) is 0 Å². The van der Waals surface area contributed by atoms with E-state index >= 15 is 0 Å². The minimum atomic E-state index is 0.0768. The first-order valence-corrected chi connectivity index (χ1v) is 9.72. The number of aryl methyl sites for hydroxylation is 1. The SMILES string of the molecule is CCc1cccc2c(C(=O)CSc3nnc(-c4ccncc4)n3C)c[nH]c12. The van der Waals surface area contributed by atoms with Crippen molar-refractivity contribution in [2.24, 2.45) is 7.05 Å². The number of nitrogens with one attached hydrogen (secondary N) is 1. The van der Waals surface area contributed by atoms with Crippen molar-refractivity contribution in [3.05, 3.63) is 60.0 Å². The van der Waals surface area contributed by atoms with Gasteiger partial charge in [0.1, 0.15) is 0 Å². The minimum Gasteiger partial charge on any atom is -0.360 e. The molecular weight excluding hydrogens is 358 g/mol. The van der Waals surface area contributed by atoms with Crippen molar-refractivity contribution < 1.29 is 4.79 Å². The zero-order valence-corrected chi connectivity index (χ0v) is 16.0. The van der Waals surface area contributed by atoms with E-state index in [0.29, 0.717) is 10.9 Å². The highest BCUT2D eigenvalue weighted by Gasteiger charge is 2.16. The average molecular weight is 377 g/mol. The zero-order chi connectivity index (χ0) is 18.8. The molecule has 3 aromatic heterocycles. The summed E-state index contributed by atoms with van der Waals surface area (Å²) in [6, 6.07) is 9.86.